The van der Waals surface area contributed by atoms with Gasteiger partial charge in [0.05, 0.1) is 32.2 Å². The van der Waals surface area contributed by atoms with Crippen molar-refractivity contribution in [3.63, 3.8) is 0 Å². The maximum atomic E-state index is 13.2. The van der Waals surface area contributed by atoms with Crippen LogP contribution in [0.4, 0.5) is 19.0 Å². The van der Waals surface area contributed by atoms with E-state index in [4.69, 9.17) is 14.5 Å². The lowest BCUT2D eigenvalue weighted by atomic mass is 9.91. The molecule has 172 valence electrons. The van der Waals surface area contributed by atoms with E-state index in [-0.39, 0.29) is 18.3 Å². The summed E-state index contributed by atoms with van der Waals surface area (Å²) >= 11 is 0. The minimum atomic E-state index is -4.56. The Labute approximate surface area is 183 Å². The van der Waals surface area contributed by atoms with Crippen molar-refractivity contribution in [2.75, 3.05) is 38.3 Å². The van der Waals surface area contributed by atoms with Gasteiger partial charge < -0.3 is 14.4 Å². The Bertz CT molecular complexity index is 1060. The van der Waals surface area contributed by atoms with E-state index in [1.807, 2.05) is 0 Å². The molecule has 0 bridgehead atoms. The van der Waals surface area contributed by atoms with Gasteiger partial charge in [0.25, 0.3) is 0 Å². The van der Waals surface area contributed by atoms with Crippen LogP contribution in [-0.2, 0) is 17.5 Å². The van der Waals surface area contributed by atoms with E-state index in [9.17, 15) is 13.2 Å². The van der Waals surface area contributed by atoms with Crippen molar-refractivity contribution in [2.45, 2.75) is 26.1 Å². The lowest BCUT2D eigenvalue weighted by Crippen LogP contribution is -2.42. The number of ether oxygens (including phenoxy) is 2. The topological polar surface area (TPSA) is 78.2 Å². The summed E-state index contributed by atoms with van der Waals surface area (Å²) in [6.07, 6.45) is 0.790. The molecular weight excluding hydrogens is 425 g/mol. The van der Waals surface area contributed by atoms with Gasteiger partial charge in [-0.25, -0.2) is 19.6 Å². The second-order valence-corrected chi connectivity index (χ2v) is 8.07. The zero-order chi connectivity index (χ0) is 22.7. The van der Waals surface area contributed by atoms with Crippen molar-refractivity contribution in [1.29, 1.82) is 0 Å². The van der Waals surface area contributed by atoms with Gasteiger partial charge in [0.1, 0.15) is 17.1 Å². The first kappa shape index (κ1) is 22.3. The molecule has 1 aliphatic heterocycles. The molecule has 1 aliphatic rings. The van der Waals surface area contributed by atoms with Crippen LogP contribution in [0.25, 0.3) is 11.2 Å². The molecule has 0 spiro atoms. The Morgan fingerprint density at radius 2 is 2.03 bits per heavy atom. The van der Waals surface area contributed by atoms with Crippen molar-refractivity contribution in [1.82, 2.24) is 24.7 Å². The number of anilines is 1. The molecule has 0 unspecified atom stereocenters. The van der Waals surface area contributed by atoms with Crippen molar-refractivity contribution in [3.05, 3.63) is 36.4 Å². The number of methoxy groups -OCH3 is 1. The number of rotatable bonds is 7. The molecule has 0 N–H and O–H groups in total. The van der Waals surface area contributed by atoms with Crippen molar-refractivity contribution >= 4 is 17.0 Å². The Morgan fingerprint density at radius 1 is 1.19 bits per heavy atom. The summed E-state index contributed by atoms with van der Waals surface area (Å²) in [7, 11) is 1.63. The van der Waals surface area contributed by atoms with Crippen LogP contribution in [0.1, 0.15) is 19.0 Å². The number of hydrogen-bond donors (Lipinski definition) is 0. The van der Waals surface area contributed by atoms with Gasteiger partial charge in [-0.2, -0.15) is 18.3 Å². The lowest BCUT2D eigenvalue weighted by Gasteiger charge is -2.37. The van der Waals surface area contributed by atoms with Gasteiger partial charge in [0, 0.05) is 32.3 Å². The number of nitrogens with zero attached hydrogens (tertiary/aromatic N) is 6. The predicted octanol–water partition coefficient (Wildman–Crippen LogP) is 3.43. The molecule has 8 nitrogen and oxygen atoms in total. The van der Waals surface area contributed by atoms with Crippen LogP contribution in [0.5, 0.6) is 5.75 Å². The van der Waals surface area contributed by atoms with Crippen molar-refractivity contribution < 1.29 is 22.6 Å². The van der Waals surface area contributed by atoms with Crippen LogP contribution >= 0.6 is 0 Å². The minimum Gasteiger partial charge on any atom is -0.491 e. The normalized spacial score (nSPS) is 19.5. The molecule has 0 aliphatic carbocycles. The third-order valence-electron chi connectivity index (χ3n) is 5.42. The van der Waals surface area contributed by atoms with Gasteiger partial charge in [-0.1, -0.05) is 6.92 Å². The first-order valence-electron chi connectivity index (χ1n) is 10.4. The Balaban J connectivity index is 1.48. The van der Waals surface area contributed by atoms with Gasteiger partial charge in [0.2, 0.25) is 0 Å². The first-order valence-corrected chi connectivity index (χ1v) is 10.4. The lowest BCUT2D eigenvalue weighted by molar-refractivity contribution is -0.142. The summed E-state index contributed by atoms with van der Waals surface area (Å²) < 4.78 is 52.0. The minimum absolute atomic E-state index is 0.0379. The Kier molecular flexibility index (Phi) is 6.45. The van der Waals surface area contributed by atoms with Gasteiger partial charge in [-0.15, -0.1) is 0 Å². The van der Waals surface area contributed by atoms with Crippen LogP contribution in [0.2, 0.25) is 0 Å². The maximum absolute atomic E-state index is 13.2. The monoisotopic (exact) mass is 450 g/mol. The molecule has 32 heavy (non-hydrogen) atoms. The number of aromatic nitrogens is 5. The highest BCUT2D eigenvalue weighted by Gasteiger charge is 2.36. The highest BCUT2D eigenvalue weighted by molar-refractivity contribution is 5.71. The van der Waals surface area contributed by atoms with Crippen molar-refractivity contribution in [3.8, 4) is 5.75 Å². The fraction of sp³-hybridized carbons (Fsp3) is 0.524. The Hall–Kier alpha value is -2.95. The third kappa shape index (κ3) is 4.93. The summed E-state index contributed by atoms with van der Waals surface area (Å²) in [4.78, 5) is 14.8. The van der Waals surface area contributed by atoms with Gasteiger partial charge in [-0.05, 0) is 24.5 Å². The van der Waals surface area contributed by atoms with E-state index in [1.165, 1.54) is 12.1 Å². The van der Waals surface area contributed by atoms with E-state index in [1.54, 1.807) is 24.2 Å². The molecule has 0 amide bonds. The number of piperidine rings is 1. The summed E-state index contributed by atoms with van der Waals surface area (Å²) in [6.45, 7) is 4.74. The van der Waals surface area contributed by atoms with Crippen LogP contribution in [0, 0.1) is 11.8 Å². The average molecular weight is 450 g/mol. The van der Waals surface area contributed by atoms with Crippen LogP contribution in [0.3, 0.4) is 0 Å². The number of pyridine rings is 1. The molecule has 4 heterocycles. The zero-order valence-corrected chi connectivity index (χ0v) is 17.9. The van der Waals surface area contributed by atoms with E-state index in [0.717, 1.165) is 19.2 Å². The van der Waals surface area contributed by atoms with Crippen LogP contribution < -0.4 is 9.64 Å². The number of hydrogen-bond acceptors (Lipinski definition) is 7. The molecule has 0 radical (unpaired) electrons. The molecule has 0 aromatic carbocycles. The number of fused-ring (bicyclic) bond motifs is 1. The second-order valence-electron chi connectivity index (χ2n) is 8.07. The van der Waals surface area contributed by atoms with E-state index in [2.05, 4.69) is 26.9 Å². The zero-order valence-electron chi connectivity index (χ0n) is 17.9. The van der Waals surface area contributed by atoms with Gasteiger partial charge >= 0.3 is 6.18 Å². The molecule has 1 fully saturated rings. The quantitative estimate of drug-likeness (QED) is 0.546. The SMILES string of the molecule is COCCn1ncc2ncc(N3C[C@@H](C)C[C@H](COc4cccnc4C(F)(F)F)C3)nc21. The molecule has 1 saturated heterocycles. The highest BCUT2D eigenvalue weighted by Crippen LogP contribution is 2.35. The summed E-state index contributed by atoms with van der Waals surface area (Å²) in [5.74, 6) is 0.832. The van der Waals surface area contributed by atoms with Crippen LogP contribution in [0.15, 0.2) is 30.7 Å². The summed E-state index contributed by atoms with van der Waals surface area (Å²) in [5, 5.41) is 4.32. The largest absolute Gasteiger partial charge is 0.491 e. The summed E-state index contributed by atoms with van der Waals surface area (Å²) in [5.41, 5.74) is 0.378. The fourth-order valence-electron chi connectivity index (χ4n) is 4.05. The molecule has 3 aromatic rings. The smallest absolute Gasteiger partial charge is 0.437 e. The standard InChI is InChI=1S/C21H25F3N6O2/c1-14-8-15(13-32-17-4-3-5-25-19(17)21(22,23)24)12-29(11-14)18-10-26-16-9-27-30(6-7-31-2)20(16)28-18/h3-5,9-10,14-15H,6-8,11-13H2,1-2H3/t14-,15-/m0/s1. The predicted molar refractivity (Wildman–Crippen MR) is 111 cm³/mol. The summed E-state index contributed by atoms with van der Waals surface area (Å²) in [6, 6.07) is 2.75. The first-order chi connectivity index (χ1) is 15.3. The maximum Gasteiger partial charge on any atom is 0.437 e. The van der Waals surface area contributed by atoms with Gasteiger partial charge in [-0.3, -0.25) is 0 Å². The van der Waals surface area contributed by atoms with E-state index < -0.39 is 11.9 Å². The Morgan fingerprint density at radius 3 is 2.81 bits per heavy atom. The fourth-order valence-corrected chi connectivity index (χ4v) is 4.05. The molecule has 0 saturated carbocycles. The van der Waals surface area contributed by atoms with Gasteiger partial charge in [0.15, 0.2) is 11.3 Å². The van der Waals surface area contributed by atoms with E-state index >= 15 is 0 Å². The van der Waals surface area contributed by atoms with E-state index in [0.29, 0.717) is 42.6 Å². The molecule has 2 atom stereocenters. The van der Waals surface area contributed by atoms with Crippen LogP contribution in [-0.4, -0.2) is 58.1 Å². The molecule has 11 heteroatoms. The number of halogens is 3. The molecule has 3 aromatic heterocycles. The number of alkyl halides is 3. The molecule has 4 rings (SSSR count). The van der Waals surface area contributed by atoms with Crippen molar-refractivity contribution in [2.24, 2.45) is 11.8 Å². The highest BCUT2D eigenvalue weighted by atomic mass is 19.4. The second kappa shape index (κ2) is 9.27. The third-order valence-corrected chi connectivity index (χ3v) is 5.42. The average Bonchev–Trinajstić information content (AvgIpc) is 3.17. The molecular formula is C21H25F3N6O2.